The molecule has 0 atom stereocenters. The third-order valence-electron chi connectivity index (χ3n) is 7.87. The predicted octanol–water partition coefficient (Wildman–Crippen LogP) is 5.30. The summed E-state index contributed by atoms with van der Waals surface area (Å²) in [4.78, 5) is 29.2. The highest BCUT2D eigenvalue weighted by molar-refractivity contribution is 8.93. The number of halogens is 2. The number of fused-ring (bicyclic) bond motifs is 1. The van der Waals surface area contributed by atoms with Crippen molar-refractivity contribution < 1.29 is 37.7 Å². The number of carbonyl (C=O) groups excluding carboxylic acids is 2. The third kappa shape index (κ3) is 7.28. The summed E-state index contributed by atoms with van der Waals surface area (Å²) in [6.45, 7) is 9.61. The van der Waals surface area contributed by atoms with Crippen molar-refractivity contribution in [2.24, 2.45) is 0 Å². The molecule has 4 rings (SSSR count). The number of carbonyl (C=O) groups is 2. The van der Waals surface area contributed by atoms with Crippen LogP contribution in [0.15, 0.2) is 18.2 Å². The van der Waals surface area contributed by atoms with Crippen LogP contribution in [0.1, 0.15) is 67.6 Å². The Morgan fingerprint density at radius 2 is 1.68 bits per heavy atom. The zero-order valence-electron chi connectivity index (χ0n) is 26.5. The van der Waals surface area contributed by atoms with Gasteiger partial charge in [0.25, 0.3) is 0 Å². The normalized spacial score (nSPS) is 15.0. The number of amidine groups is 1. The maximum atomic E-state index is 15.3. The average molecular weight is 681 g/mol. The highest BCUT2D eigenvalue weighted by atomic mass is 79.9. The van der Waals surface area contributed by atoms with Crippen LogP contribution in [0.25, 0.3) is 0 Å². The first-order chi connectivity index (χ1) is 20.4. The minimum absolute atomic E-state index is 0. The van der Waals surface area contributed by atoms with Gasteiger partial charge in [-0.1, -0.05) is 20.8 Å². The van der Waals surface area contributed by atoms with Gasteiger partial charge in [0, 0.05) is 30.8 Å². The first-order valence-electron chi connectivity index (χ1n) is 14.5. The van der Waals surface area contributed by atoms with Crippen molar-refractivity contribution in [3.63, 3.8) is 0 Å². The zero-order chi connectivity index (χ0) is 31.5. The Kier molecular flexibility index (Phi) is 11.6. The number of benzene rings is 2. The Labute approximate surface area is 269 Å². The molecule has 2 aromatic rings. The number of esters is 1. The van der Waals surface area contributed by atoms with Crippen molar-refractivity contribution in [1.82, 2.24) is 4.90 Å². The minimum atomic E-state index is -0.673. The van der Waals surface area contributed by atoms with Crippen molar-refractivity contribution in [3.05, 3.63) is 46.3 Å². The summed E-state index contributed by atoms with van der Waals surface area (Å²) in [6.07, 6.45) is 1.33. The Morgan fingerprint density at radius 3 is 2.25 bits per heavy atom. The standard InChI is InChI=1S/C32H42FN3O7.BrH/c1-8-42-26(38)18-43-21-9-11-35(12-10-21)23-14-19(13-22(29(23)40-6)32(2,3)4)24(37)17-36-16-20-15-25(39-5)30(41-7)28(33)27(20)31(36)34;/h13-15,21,34H,8-12,16-18H2,1-7H3;1H. The Bertz CT molecular complexity index is 1390. The highest BCUT2D eigenvalue weighted by Gasteiger charge is 2.34. The van der Waals surface area contributed by atoms with Crippen LogP contribution in [-0.4, -0.2) is 82.8 Å². The van der Waals surface area contributed by atoms with Crippen molar-refractivity contribution >= 4 is 40.3 Å². The van der Waals surface area contributed by atoms with E-state index in [1.807, 2.05) is 12.1 Å². The van der Waals surface area contributed by atoms with Crippen molar-refractivity contribution in [3.8, 4) is 17.2 Å². The fourth-order valence-corrected chi connectivity index (χ4v) is 5.66. The minimum Gasteiger partial charge on any atom is -0.494 e. The smallest absolute Gasteiger partial charge is 0.332 e. The largest absolute Gasteiger partial charge is 0.494 e. The van der Waals surface area contributed by atoms with Gasteiger partial charge in [0.1, 0.15) is 18.2 Å². The number of ketones is 1. The highest BCUT2D eigenvalue weighted by Crippen LogP contribution is 2.42. The van der Waals surface area contributed by atoms with E-state index in [1.165, 1.54) is 14.2 Å². The Hall–Kier alpha value is -3.38. The number of hydrogen-bond acceptors (Lipinski definition) is 9. The summed E-state index contributed by atoms with van der Waals surface area (Å²) >= 11 is 0. The summed E-state index contributed by atoms with van der Waals surface area (Å²) in [7, 11) is 4.41. The maximum Gasteiger partial charge on any atom is 0.332 e. The van der Waals surface area contributed by atoms with E-state index >= 15 is 4.39 Å². The van der Waals surface area contributed by atoms with Gasteiger partial charge < -0.3 is 33.5 Å². The molecule has 0 bridgehead atoms. The number of nitrogens with one attached hydrogen (secondary N) is 1. The second kappa shape index (κ2) is 14.6. The fraction of sp³-hybridized carbons (Fsp3) is 0.531. The number of piperidine rings is 1. The molecule has 10 nitrogen and oxygen atoms in total. The molecule has 0 spiro atoms. The van der Waals surface area contributed by atoms with Gasteiger partial charge in [-0.25, -0.2) is 9.18 Å². The molecule has 0 saturated carbocycles. The molecule has 2 aromatic carbocycles. The fourth-order valence-electron chi connectivity index (χ4n) is 5.66. The van der Waals surface area contributed by atoms with Gasteiger partial charge >= 0.3 is 5.97 Å². The predicted molar refractivity (Wildman–Crippen MR) is 171 cm³/mol. The van der Waals surface area contributed by atoms with E-state index in [-0.39, 0.29) is 82.8 Å². The topological polar surface area (TPSA) is 111 Å². The van der Waals surface area contributed by atoms with E-state index in [9.17, 15) is 9.59 Å². The van der Waals surface area contributed by atoms with Gasteiger partial charge in [0.2, 0.25) is 0 Å². The van der Waals surface area contributed by atoms with E-state index in [0.29, 0.717) is 49.4 Å². The number of rotatable bonds is 11. The molecule has 0 amide bonds. The summed E-state index contributed by atoms with van der Waals surface area (Å²) in [5, 5.41) is 8.66. The summed E-state index contributed by atoms with van der Waals surface area (Å²) in [5.41, 5.74) is 2.53. The van der Waals surface area contributed by atoms with Crippen LogP contribution < -0.4 is 19.1 Å². The number of anilines is 1. The van der Waals surface area contributed by atoms with Gasteiger partial charge in [-0.3, -0.25) is 10.2 Å². The SMILES string of the molecule is Br.CCOC(=O)COC1CCN(c2cc(C(=O)CN3Cc4cc(OC)c(OC)c(F)c4C3=N)cc(C(C)(C)C)c2OC)CC1. The molecule has 44 heavy (non-hydrogen) atoms. The lowest BCUT2D eigenvalue weighted by Gasteiger charge is -2.36. The van der Waals surface area contributed by atoms with E-state index < -0.39 is 5.82 Å². The van der Waals surface area contributed by atoms with Gasteiger partial charge in [-0.15, -0.1) is 17.0 Å². The maximum absolute atomic E-state index is 15.3. The van der Waals surface area contributed by atoms with Gasteiger partial charge in [0.05, 0.1) is 51.8 Å². The van der Waals surface area contributed by atoms with Crippen LogP contribution in [0.2, 0.25) is 0 Å². The molecule has 242 valence electrons. The molecule has 0 unspecified atom stereocenters. The van der Waals surface area contributed by atoms with Crippen molar-refractivity contribution in [2.45, 2.75) is 58.6 Å². The van der Waals surface area contributed by atoms with E-state index in [4.69, 9.17) is 29.1 Å². The second-order valence-corrected chi connectivity index (χ2v) is 11.7. The Morgan fingerprint density at radius 1 is 1.02 bits per heavy atom. The zero-order valence-corrected chi connectivity index (χ0v) is 28.2. The first-order valence-corrected chi connectivity index (χ1v) is 14.5. The van der Waals surface area contributed by atoms with Crippen LogP contribution in [-0.2, 0) is 26.2 Å². The number of Topliss-reactive ketones (excluding diaryl/α,β-unsaturated/α-hetero) is 1. The second-order valence-electron chi connectivity index (χ2n) is 11.7. The molecule has 0 aliphatic carbocycles. The number of hydrogen-bond donors (Lipinski definition) is 1. The van der Waals surface area contributed by atoms with Crippen LogP contribution in [0, 0.1) is 11.2 Å². The van der Waals surface area contributed by atoms with E-state index in [1.54, 1.807) is 25.0 Å². The average Bonchev–Trinajstić information content (AvgIpc) is 3.29. The molecule has 2 aliphatic heterocycles. The number of nitrogens with zero attached hydrogens (tertiary/aromatic N) is 2. The summed E-state index contributed by atoms with van der Waals surface area (Å²) in [5.74, 6) is -0.433. The van der Waals surface area contributed by atoms with Crippen molar-refractivity contribution in [1.29, 1.82) is 5.41 Å². The molecule has 12 heteroatoms. The molecular weight excluding hydrogens is 637 g/mol. The lowest BCUT2D eigenvalue weighted by molar-refractivity contribution is -0.150. The molecule has 1 N–H and O–H groups in total. The molecule has 2 heterocycles. The van der Waals surface area contributed by atoms with Crippen LogP contribution in [0.5, 0.6) is 17.2 Å². The summed E-state index contributed by atoms with van der Waals surface area (Å²) < 4.78 is 42.4. The molecule has 0 radical (unpaired) electrons. The van der Waals surface area contributed by atoms with Crippen LogP contribution >= 0.6 is 17.0 Å². The number of methoxy groups -OCH3 is 3. The van der Waals surface area contributed by atoms with E-state index in [0.717, 1.165) is 11.3 Å². The van der Waals surface area contributed by atoms with Gasteiger partial charge in [0.15, 0.2) is 23.1 Å². The first kappa shape index (κ1) is 35.1. The molecular formula is C32H43BrFN3O7. The lowest BCUT2D eigenvalue weighted by atomic mass is 9.84. The van der Waals surface area contributed by atoms with E-state index in [2.05, 4.69) is 25.7 Å². The quantitative estimate of drug-likeness (QED) is 0.250. The monoisotopic (exact) mass is 679 g/mol. The lowest BCUT2D eigenvalue weighted by Crippen LogP contribution is -2.38. The van der Waals surface area contributed by atoms with Crippen LogP contribution in [0.4, 0.5) is 10.1 Å². The molecule has 2 aliphatic rings. The Balaban J connectivity index is 0.00000529. The molecule has 0 aromatic heterocycles. The van der Waals surface area contributed by atoms with Gasteiger partial charge in [-0.05, 0) is 48.9 Å². The van der Waals surface area contributed by atoms with Gasteiger partial charge in [-0.2, -0.15) is 0 Å². The van der Waals surface area contributed by atoms with Crippen LogP contribution in [0.3, 0.4) is 0 Å². The summed E-state index contributed by atoms with van der Waals surface area (Å²) in [6, 6.07) is 5.36. The molecule has 1 saturated heterocycles. The number of ether oxygens (including phenoxy) is 5. The third-order valence-corrected chi connectivity index (χ3v) is 7.87. The van der Waals surface area contributed by atoms with Crippen molar-refractivity contribution in [2.75, 3.05) is 59.1 Å². The molecule has 1 fully saturated rings.